The fourth-order valence-corrected chi connectivity index (χ4v) is 1.65. The van der Waals surface area contributed by atoms with Crippen molar-refractivity contribution in [2.75, 3.05) is 6.54 Å². The predicted octanol–water partition coefficient (Wildman–Crippen LogP) is 1.88. The first-order valence-electron chi connectivity index (χ1n) is 4.22. The van der Waals surface area contributed by atoms with Crippen molar-refractivity contribution in [2.24, 2.45) is 0 Å². The summed E-state index contributed by atoms with van der Waals surface area (Å²) in [5.74, 6) is 0. The van der Waals surface area contributed by atoms with Crippen LogP contribution < -0.4 is 0 Å². The van der Waals surface area contributed by atoms with Gasteiger partial charge in [-0.25, -0.2) is 0 Å². The van der Waals surface area contributed by atoms with Gasteiger partial charge in [0.25, 0.3) is 0 Å². The van der Waals surface area contributed by atoms with Gasteiger partial charge >= 0.3 is 0 Å². The number of aromatic nitrogens is 1. The van der Waals surface area contributed by atoms with Crippen molar-refractivity contribution in [2.45, 2.75) is 26.4 Å². The van der Waals surface area contributed by atoms with Crippen molar-refractivity contribution in [1.29, 1.82) is 5.26 Å². The Labute approximate surface area is 82.6 Å². The summed E-state index contributed by atoms with van der Waals surface area (Å²) in [5, 5.41) is 8.61. The molecule has 0 aromatic carbocycles. The molecule has 0 N–H and O–H groups in total. The van der Waals surface area contributed by atoms with Crippen LogP contribution in [0.5, 0.6) is 0 Å². The molecular weight excluding hydrogens is 182 g/mol. The number of thiazole rings is 1. The Balaban J connectivity index is 2.53. The highest BCUT2D eigenvalue weighted by molar-refractivity contribution is 7.09. The number of nitriles is 1. The van der Waals surface area contributed by atoms with Gasteiger partial charge in [0.15, 0.2) is 0 Å². The highest BCUT2D eigenvalue weighted by Gasteiger charge is 2.09. The van der Waals surface area contributed by atoms with Gasteiger partial charge in [-0.05, 0) is 13.8 Å². The highest BCUT2D eigenvalue weighted by atomic mass is 32.1. The van der Waals surface area contributed by atoms with Crippen LogP contribution in [0, 0.1) is 11.3 Å². The summed E-state index contributed by atoms with van der Waals surface area (Å²) >= 11 is 1.63. The number of hydrogen-bond donors (Lipinski definition) is 0. The Hall–Kier alpha value is -0.920. The van der Waals surface area contributed by atoms with Gasteiger partial charge in [0.2, 0.25) is 0 Å². The van der Waals surface area contributed by atoms with E-state index >= 15 is 0 Å². The molecule has 0 saturated carbocycles. The molecule has 1 heterocycles. The zero-order valence-electron chi connectivity index (χ0n) is 7.90. The van der Waals surface area contributed by atoms with Crippen LogP contribution in [0.4, 0.5) is 0 Å². The summed E-state index contributed by atoms with van der Waals surface area (Å²) in [7, 11) is 0. The molecule has 0 amide bonds. The topological polar surface area (TPSA) is 39.9 Å². The van der Waals surface area contributed by atoms with Gasteiger partial charge in [0, 0.05) is 23.7 Å². The average molecular weight is 195 g/mol. The van der Waals surface area contributed by atoms with Crippen LogP contribution in [0.15, 0.2) is 11.7 Å². The Morgan fingerprint density at radius 2 is 2.46 bits per heavy atom. The third-order valence-corrected chi connectivity index (χ3v) is 2.61. The average Bonchev–Trinajstić information content (AvgIpc) is 2.56. The molecule has 0 atom stereocenters. The molecule has 4 heteroatoms. The van der Waals surface area contributed by atoms with E-state index in [1.54, 1.807) is 11.3 Å². The van der Waals surface area contributed by atoms with E-state index in [2.05, 4.69) is 29.8 Å². The molecular formula is C9H13N3S. The van der Waals surface area contributed by atoms with Gasteiger partial charge in [-0.1, -0.05) is 0 Å². The SMILES string of the molecule is CC(C)N(CC#N)Cc1cncs1. The molecule has 70 valence electrons. The van der Waals surface area contributed by atoms with E-state index in [1.165, 1.54) is 4.88 Å². The lowest BCUT2D eigenvalue weighted by atomic mass is 10.3. The third kappa shape index (κ3) is 3.13. The maximum absolute atomic E-state index is 8.61. The molecule has 0 fully saturated rings. The van der Waals surface area contributed by atoms with Crippen molar-refractivity contribution in [1.82, 2.24) is 9.88 Å². The molecule has 0 unspecified atom stereocenters. The lowest BCUT2D eigenvalue weighted by Gasteiger charge is -2.22. The molecule has 13 heavy (non-hydrogen) atoms. The molecule has 0 radical (unpaired) electrons. The Morgan fingerprint density at radius 1 is 1.69 bits per heavy atom. The zero-order chi connectivity index (χ0) is 9.68. The monoisotopic (exact) mass is 195 g/mol. The lowest BCUT2D eigenvalue weighted by Crippen LogP contribution is -2.30. The van der Waals surface area contributed by atoms with Gasteiger partial charge in [0.05, 0.1) is 18.1 Å². The van der Waals surface area contributed by atoms with Crippen LogP contribution in [0.25, 0.3) is 0 Å². The minimum absolute atomic E-state index is 0.404. The van der Waals surface area contributed by atoms with E-state index in [4.69, 9.17) is 5.26 Å². The van der Waals surface area contributed by atoms with Gasteiger partial charge in [-0.15, -0.1) is 11.3 Å². The molecule has 1 aromatic rings. The highest BCUT2D eigenvalue weighted by Crippen LogP contribution is 2.11. The van der Waals surface area contributed by atoms with Crippen LogP contribution in [-0.2, 0) is 6.54 Å². The normalized spacial score (nSPS) is 10.7. The van der Waals surface area contributed by atoms with Crippen molar-refractivity contribution in [3.63, 3.8) is 0 Å². The van der Waals surface area contributed by atoms with E-state index in [0.717, 1.165) is 6.54 Å². The quantitative estimate of drug-likeness (QED) is 0.689. The van der Waals surface area contributed by atoms with Crippen LogP contribution in [-0.4, -0.2) is 22.5 Å². The molecule has 0 aliphatic rings. The van der Waals surface area contributed by atoms with E-state index in [1.807, 2.05) is 11.7 Å². The molecule has 0 bridgehead atoms. The number of nitrogens with zero attached hydrogens (tertiary/aromatic N) is 3. The molecule has 0 saturated heterocycles. The van der Waals surface area contributed by atoms with Crippen LogP contribution in [0.1, 0.15) is 18.7 Å². The molecule has 0 aliphatic carbocycles. The summed E-state index contributed by atoms with van der Waals surface area (Å²) in [5.41, 5.74) is 1.82. The van der Waals surface area contributed by atoms with Gasteiger partial charge < -0.3 is 0 Å². The number of rotatable bonds is 4. The second kappa shape index (κ2) is 4.95. The molecule has 1 rings (SSSR count). The standard InChI is InChI=1S/C9H13N3S/c1-8(2)12(4-3-10)6-9-5-11-7-13-9/h5,7-8H,4,6H2,1-2H3. The van der Waals surface area contributed by atoms with Crippen molar-refractivity contribution < 1.29 is 0 Å². The first-order chi connectivity index (χ1) is 6.24. The van der Waals surface area contributed by atoms with Crippen LogP contribution in [0.2, 0.25) is 0 Å². The minimum Gasteiger partial charge on any atom is -0.283 e. The summed E-state index contributed by atoms with van der Waals surface area (Å²) < 4.78 is 0. The Morgan fingerprint density at radius 3 is 2.92 bits per heavy atom. The van der Waals surface area contributed by atoms with E-state index in [9.17, 15) is 0 Å². The summed E-state index contributed by atoms with van der Waals surface area (Å²) in [6.45, 7) is 5.50. The molecule has 0 spiro atoms. The van der Waals surface area contributed by atoms with Crippen molar-refractivity contribution >= 4 is 11.3 Å². The van der Waals surface area contributed by atoms with Crippen molar-refractivity contribution in [3.05, 3.63) is 16.6 Å². The smallest absolute Gasteiger partial charge is 0.0871 e. The maximum atomic E-state index is 8.61. The Bertz CT molecular complexity index is 274. The summed E-state index contributed by atoms with van der Waals surface area (Å²) in [4.78, 5) is 7.33. The third-order valence-electron chi connectivity index (χ3n) is 1.85. The van der Waals surface area contributed by atoms with Crippen LogP contribution >= 0.6 is 11.3 Å². The lowest BCUT2D eigenvalue weighted by molar-refractivity contribution is 0.242. The minimum atomic E-state index is 0.404. The summed E-state index contributed by atoms with van der Waals surface area (Å²) in [6, 6.07) is 2.58. The maximum Gasteiger partial charge on any atom is 0.0871 e. The fourth-order valence-electron chi connectivity index (χ4n) is 1.03. The van der Waals surface area contributed by atoms with E-state index < -0.39 is 0 Å². The van der Waals surface area contributed by atoms with E-state index in [0.29, 0.717) is 12.6 Å². The zero-order valence-corrected chi connectivity index (χ0v) is 8.71. The van der Waals surface area contributed by atoms with Crippen LogP contribution in [0.3, 0.4) is 0 Å². The van der Waals surface area contributed by atoms with E-state index in [-0.39, 0.29) is 0 Å². The first-order valence-corrected chi connectivity index (χ1v) is 5.10. The van der Waals surface area contributed by atoms with Gasteiger partial charge in [0.1, 0.15) is 0 Å². The first kappa shape index (κ1) is 10.2. The second-order valence-corrected chi connectivity index (χ2v) is 4.10. The molecule has 3 nitrogen and oxygen atoms in total. The largest absolute Gasteiger partial charge is 0.283 e. The second-order valence-electron chi connectivity index (χ2n) is 3.12. The van der Waals surface area contributed by atoms with Crippen molar-refractivity contribution in [3.8, 4) is 6.07 Å². The summed E-state index contributed by atoms with van der Waals surface area (Å²) in [6.07, 6.45) is 1.86. The molecule has 0 aliphatic heterocycles. The van der Waals surface area contributed by atoms with Gasteiger partial charge in [-0.3, -0.25) is 9.88 Å². The van der Waals surface area contributed by atoms with Gasteiger partial charge in [-0.2, -0.15) is 5.26 Å². The fraction of sp³-hybridized carbons (Fsp3) is 0.556. The Kier molecular flexibility index (Phi) is 3.87. The molecule has 1 aromatic heterocycles. The number of hydrogen-bond acceptors (Lipinski definition) is 4. The predicted molar refractivity (Wildman–Crippen MR) is 53.3 cm³/mol.